The van der Waals surface area contributed by atoms with E-state index < -0.39 is 17.2 Å². The summed E-state index contributed by atoms with van der Waals surface area (Å²) in [6, 6.07) is 7.01. The van der Waals surface area contributed by atoms with Crippen LogP contribution in [0.3, 0.4) is 0 Å². The molecule has 1 atom stereocenters. The molecule has 0 saturated heterocycles. The van der Waals surface area contributed by atoms with E-state index in [4.69, 9.17) is 10.2 Å². The molecule has 0 spiro atoms. The molecule has 0 radical (unpaired) electrons. The summed E-state index contributed by atoms with van der Waals surface area (Å²) in [5.41, 5.74) is 0.657. The van der Waals surface area contributed by atoms with Crippen LogP contribution in [0.15, 0.2) is 29.2 Å². The van der Waals surface area contributed by atoms with Crippen LogP contribution in [0.2, 0.25) is 0 Å². The Hall–Kier alpha value is -1.49. The van der Waals surface area contributed by atoms with Gasteiger partial charge in [0.25, 0.3) is 0 Å². The second-order valence-corrected chi connectivity index (χ2v) is 4.78. The van der Waals surface area contributed by atoms with Crippen LogP contribution in [0.4, 0.5) is 0 Å². The molecule has 1 aromatic carbocycles. The zero-order valence-electron chi connectivity index (χ0n) is 9.42. The van der Waals surface area contributed by atoms with Crippen LogP contribution in [0.5, 0.6) is 0 Å². The lowest BCUT2D eigenvalue weighted by atomic mass is 10.1. The first-order chi connectivity index (χ1) is 8.04. The number of hydrogen-bond acceptors (Lipinski definition) is 3. The van der Waals surface area contributed by atoms with Gasteiger partial charge in [-0.1, -0.05) is 25.1 Å². The fraction of sp³-hybridized carbons (Fsp3) is 0.333. The third-order valence-corrected chi connectivity index (χ3v) is 3.70. The van der Waals surface area contributed by atoms with Crippen LogP contribution in [-0.2, 0) is 16.0 Å². The fourth-order valence-corrected chi connectivity index (χ4v) is 2.41. The molecular formula is C12H14O4S. The van der Waals surface area contributed by atoms with Gasteiger partial charge in [0.05, 0.1) is 6.42 Å². The first-order valence-electron chi connectivity index (χ1n) is 5.23. The molecule has 0 fully saturated rings. The molecule has 92 valence electrons. The average Bonchev–Trinajstić information content (AvgIpc) is 2.26. The molecule has 0 aliphatic rings. The van der Waals surface area contributed by atoms with Crippen molar-refractivity contribution in [1.29, 1.82) is 0 Å². The zero-order chi connectivity index (χ0) is 12.8. The molecule has 17 heavy (non-hydrogen) atoms. The highest BCUT2D eigenvalue weighted by molar-refractivity contribution is 8.00. The topological polar surface area (TPSA) is 74.6 Å². The van der Waals surface area contributed by atoms with E-state index >= 15 is 0 Å². The van der Waals surface area contributed by atoms with Crippen molar-refractivity contribution in [3.63, 3.8) is 0 Å². The minimum absolute atomic E-state index is 0.0841. The summed E-state index contributed by atoms with van der Waals surface area (Å²) >= 11 is 1.20. The van der Waals surface area contributed by atoms with Crippen molar-refractivity contribution in [2.45, 2.75) is 29.9 Å². The molecule has 0 heterocycles. The summed E-state index contributed by atoms with van der Waals surface area (Å²) in [6.07, 6.45) is 0.417. The molecule has 1 aromatic rings. The number of thioether (sulfide) groups is 1. The average molecular weight is 254 g/mol. The highest BCUT2D eigenvalue weighted by Crippen LogP contribution is 2.29. The number of hydrogen-bond donors (Lipinski definition) is 2. The molecule has 0 bridgehead atoms. The van der Waals surface area contributed by atoms with Crippen LogP contribution in [0, 0.1) is 0 Å². The summed E-state index contributed by atoms with van der Waals surface area (Å²) in [5, 5.41) is 17.2. The smallest absolute Gasteiger partial charge is 0.316 e. The molecule has 1 unspecified atom stereocenters. The summed E-state index contributed by atoms with van der Waals surface area (Å²) < 4.78 is 0. The van der Waals surface area contributed by atoms with E-state index in [0.717, 1.165) is 4.90 Å². The van der Waals surface area contributed by atoms with E-state index in [2.05, 4.69) is 0 Å². The van der Waals surface area contributed by atoms with Gasteiger partial charge in [0.1, 0.15) is 5.25 Å². The number of carbonyl (C=O) groups is 2. The van der Waals surface area contributed by atoms with E-state index in [-0.39, 0.29) is 6.42 Å². The number of benzene rings is 1. The number of carboxylic acids is 2. The second-order valence-electron chi connectivity index (χ2n) is 3.53. The summed E-state index contributed by atoms with van der Waals surface area (Å²) in [7, 11) is 0. The normalized spacial score (nSPS) is 12.1. The van der Waals surface area contributed by atoms with E-state index in [0.29, 0.717) is 12.0 Å². The lowest BCUT2D eigenvalue weighted by molar-refractivity contribution is -0.137. The molecule has 1 rings (SSSR count). The Labute approximate surface area is 104 Å². The van der Waals surface area contributed by atoms with Crippen molar-refractivity contribution in [2.75, 3.05) is 0 Å². The van der Waals surface area contributed by atoms with Gasteiger partial charge in [0.2, 0.25) is 0 Å². The fourth-order valence-electron chi connectivity index (χ4n) is 1.39. The van der Waals surface area contributed by atoms with Crippen LogP contribution < -0.4 is 0 Å². The maximum absolute atomic E-state index is 10.9. The van der Waals surface area contributed by atoms with Crippen molar-refractivity contribution in [1.82, 2.24) is 0 Å². The standard InChI is InChI=1S/C12H14O4S/c1-2-9(12(15)16)17-10-6-4-3-5-8(10)7-11(13)14/h3-6,9H,2,7H2,1H3,(H,13,14)(H,15,16). The first-order valence-corrected chi connectivity index (χ1v) is 6.11. The lowest BCUT2D eigenvalue weighted by Gasteiger charge is -2.12. The number of aliphatic carboxylic acids is 2. The van der Waals surface area contributed by atoms with Gasteiger partial charge >= 0.3 is 11.9 Å². The van der Waals surface area contributed by atoms with Crippen LogP contribution >= 0.6 is 11.8 Å². The third kappa shape index (κ3) is 4.11. The van der Waals surface area contributed by atoms with Gasteiger partial charge in [-0.15, -0.1) is 11.8 Å². The van der Waals surface area contributed by atoms with Gasteiger partial charge in [-0.3, -0.25) is 9.59 Å². The van der Waals surface area contributed by atoms with E-state index in [1.807, 2.05) is 0 Å². The molecular weight excluding hydrogens is 240 g/mol. The zero-order valence-corrected chi connectivity index (χ0v) is 10.2. The monoisotopic (exact) mass is 254 g/mol. The predicted octanol–water partition coefficient (Wildman–Crippen LogP) is 2.27. The van der Waals surface area contributed by atoms with Crippen LogP contribution in [0.1, 0.15) is 18.9 Å². The lowest BCUT2D eigenvalue weighted by Crippen LogP contribution is -2.15. The van der Waals surface area contributed by atoms with Crippen molar-refractivity contribution >= 4 is 23.7 Å². The Bertz CT molecular complexity index is 417. The van der Waals surface area contributed by atoms with Gasteiger partial charge in [-0.2, -0.15) is 0 Å². The SMILES string of the molecule is CCC(Sc1ccccc1CC(=O)O)C(=O)O. The maximum atomic E-state index is 10.9. The largest absolute Gasteiger partial charge is 0.481 e. The molecule has 0 aromatic heterocycles. The third-order valence-electron chi connectivity index (χ3n) is 2.23. The Morgan fingerprint density at radius 1 is 1.29 bits per heavy atom. The number of carboxylic acid groups (broad SMARTS) is 2. The molecule has 0 aliphatic carbocycles. The van der Waals surface area contributed by atoms with Gasteiger partial charge < -0.3 is 10.2 Å². The molecule has 0 aliphatic heterocycles. The first kappa shape index (κ1) is 13.6. The predicted molar refractivity (Wildman–Crippen MR) is 65.4 cm³/mol. The molecule has 2 N–H and O–H groups in total. The minimum Gasteiger partial charge on any atom is -0.481 e. The highest BCUT2D eigenvalue weighted by Gasteiger charge is 2.18. The summed E-state index contributed by atoms with van der Waals surface area (Å²) in [6.45, 7) is 1.80. The number of rotatable bonds is 6. The van der Waals surface area contributed by atoms with Crippen molar-refractivity contribution < 1.29 is 19.8 Å². The molecule has 0 amide bonds. The van der Waals surface area contributed by atoms with Gasteiger partial charge in [-0.25, -0.2) is 0 Å². The summed E-state index contributed by atoms with van der Waals surface area (Å²) in [5.74, 6) is -1.79. The van der Waals surface area contributed by atoms with Crippen molar-refractivity contribution in [3.8, 4) is 0 Å². The van der Waals surface area contributed by atoms with E-state index in [9.17, 15) is 9.59 Å². The Morgan fingerprint density at radius 2 is 1.94 bits per heavy atom. The summed E-state index contributed by atoms with van der Waals surface area (Å²) in [4.78, 5) is 22.3. The van der Waals surface area contributed by atoms with E-state index in [1.54, 1.807) is 31.2 Å². The van der Waals surface area contributed by atoms with E-state index in [1.165, 1.54) is 11.8 Å². The quantitative estimate of drug-likeness (QED) is 0.762. The second kappa shape index (κ2) is 6.30. The van der Waals surface area contributed by atoms with Gasteiger partial charge in [0, 0.05) is 4.90 Å². The maximum Gasteiger partial charge on any atom is 0.316 e. The Balaban J connectivity index is 2.89. The minimum atomic E-state index is -0.915. The van der Waals surface area contributed by atoms with Crippen LogP contribution in [-0.4, -0.2) is 27.4 Å². The Kier molecular flexibility index (Phi) is 5.03. The van der Waals surface area contributed by atoms with Crippen LogP contribution in [0.25, 0.3) is 0 Å². The molecule has 0 saturated carbocycles. The van der Waals surface area contributed by atoms with Crippen molar-refractivity contribution in [3.05, 3.63) is 29.8 Å². The Morgan fingerprint density at radius 3 is 2.47 bits per heavy atom. The molecule has 4 nitrogen and oxygen atoms in total. The molecule has 5 heteroatoms. The van der Waals surface area contributed by atoms with Crippen molar-refractivity contribution in [2.24, 2.45) is 0 Å². The highest BCUT2D eigenvalue weighted by atomic mass is 32.2. The van der Waals surface area contributed by atoms with Gasteiger partial charge in [0.15, 0.2) is 0 Å². The van der Waals surface area contributed by atoms with Gasteiger partial charge in [-0.05, 0) is 18.1 Å².